The quantitative estimate of drug-likeness (QED) is 0.706. The Bertz CT molecular complexity index is 938. The van der Waals surface area contributed by atoms with Crippen molar-refractivity contribution in [3.63, 3.8) is 0 Å². The topological polar surface area (TPSA) is 34.9 Å². The molecule has 0 fully saturated rings. The lowest BCUT2D eigenvalue weighted by Gasteiger charge is -2.18. The van der Waals surface area contributed by atoms with Crippen molar-refractivity contribution in [3.05, 3.63) is 62.5 Å². The molecule has 0 bridgehead atoms. The minimum atomic E-state index is 0.115. The van der Waals surface area contributed by atoms with Crippen molar-refractivity contribution in [3.8, 4) is 0 Å². The van der Waals surface area contributed by atoms with Crippen LogP contribution in [0.25, 0.3) is 10.2 Å². The molecule has 0 radical (unpaired) electrons. The van der Waals surface area contributed by atoms with Crippen LogP contribution >= 0.6 is 11.3 Å². The van der Waals surface area contributed by atoms with Crippen molar-refractivity contribution in [2.24, 2.45) is 0 Å². The monoisotopic (exact) mass is 324 g/mol. The molecule has 118 valence electrons. The lowest BCUT2D eigenvalue weighted by atomic mass is 9.88. The Hall–Kier alpha value is -1.94. The standard InChI is InChI=1S/C19H20N2OS/c1-12-6-3-4-8-14(12)10-21-11-20-18-17(19(21)22)16-13(2)7-5-9-15(16)23-18/h3-4,6,8,11,13H,5,7,9-10H2,1-2H3. The van der Waals surface area contributed by atoms with E-state index in [1.54, 1.807) is 22.2 Å². The number of aromatic nitrogens is 2. The van der Waals surface area contributed by atoms with E-state index in [1.165, 1.54) is 34.4 Å². The van der Waals surface area contributed by atoms with Crippen LogP contribution in [0.4, 0.5) is 0 Å². The maximum absolute atomic E-state index is 13.1. The molecule has 0 saturated heterocycles. The minimum absolute atomic E-state index is 0.115. The minimum Gasteiger partial charge on any atom is -0.294 e. The van der Waals surface area contributed by atoms with Gasteiger partial charge in [0.2, 0.25) is 0 Å². The molecule has 2 heterocycles. The molecule has 4 rings (SSSR count). The Morgan fingerprint density at radius 3 is 3.00 bits per heavy atom. The van der Waals surface area contributed by atoms with E-state index in [1.807, 2.05) is 12.1 Å². The van der Waals surface area contributed by atoms with Gasteiger partial charge in [-0.25, -0.2) is 4.98 Å². The third-order valence-electron chi connectivity index (χ3n) is 4.93. The average Bonchev–Trinajstić information content (AvgIpc) is 2.93. The van der Waals surface area contributed by atoms with Crippen LogP contribution in [0.3, 0.4) is 0 Å². The summed E-state index contributed by atoms with van der Waals surface area (Å²) in [6.07, 6.45) is 5.20. The Morgan fingerprint density at radius 1 is 1.35 bits per heavy atom. The molecular formula is C19H20N2OS. The predicted molar refractivity (Wildman–Crippen MR) is 95.5 cm³/mol. The molecule has 0 N–H and O–H groups in total. The highest BCUT2D eigenvalue weighted by atomic mass is 32.1. The number of thiophene rings is 1. The highest BCUT2D eigenvalue weighted by Gasteiger charge is 2.24. The van der Waals surface area contributed by atoms with Crippen LogP contribution < -0.4 is 5.56 Å². The first kappa shape index (κ1) is 14.6. The summed E-state index contributed by atoms with van der Waals surface area (Å²) in [7, 11) is 0. The SMILES string of the molecule is Cc1ccccc1Cn1cnc2sc3c(c2c1=O)C(C)CCC3. The largest absolute Gasteiger partial charge is 0.294 e. The molecule has 3 nitrogen and oxygen atoms in total. The Kier molecular flexibility index (Phi) is 3.57. The maximum Gasteiger partial charge on any atom is 0.262 e. The number of rotatable bonds is 2. The lowest BCUT2D eigenvalue weighted by Crippen LogP contribution is -2.22. The summed E-state index contributed by atoms with van der Waals surface area (Å²) >= 11 is 1.71. The molecule has 3 aromatic rings. The van der Waals surface area contributed by atoms with Crippen LogP contribution in [-0.4, -0.2) is 9.55 Å². The van der Waals surface area contributed by atoms with Crippen molar-refractivity contribution < 1.29 is 0 Å². The normalized spacial score (nSPS) is 17.4. The van der Waals surface area contributed by atoms with Gasteiger partial charge in [0.05, 0.1) is 18.3 Å². The van der Waals surface area contributed by atoms with E-state index in [2.05, 4.69) is 31.0 Å². The van der Waals surface area contributed by atoms with Crippen LogP contribution in [0.2, 0.25) is 0 Å². The third kappa shape index (κ3) is 2.41. The number of fused-ring (bicyclic) bond motifs is 3. The second kappa shape index (κ2) is 5.60. The van der Waals surface area contributed by atoms with E-state index < -0.39 is 0 Å². The Balaban J connectivity index is 1.87. The zero-order valence-corrected chi connectivity index (χ0v) is 14.3. The van der Waals surface area contributed by atoms with Gasteiger partial charge in [0.1, 0.15) is 4.83 Å². The highest BCUT2D eigenvalue weighted by Crippen LogP contribution is 2.39. The van der Waals surface area contributed by atoms with Gasteiger partial charge in [0.25, 0.3) is 5.56 Å². The molecule has 0 amide bonds. The molecule has 1 aromatic carbocycles. The molecule has 0 saturated carbocycles. The Labute approximate surface area is 139 Å². The second-order valence-electron chi connectivity index (χ2n) is 6.52. The summed E-state index contributed by atoms with van der Waals surface area (Å²) in [4.78, 5) is 19.9. The molecular weight excluding hydrogens is 304 g/mol. The van der Waals surface area contributed by atoms with Crippen molar-refractivity contribution in [1.29, 1.82) is 0 Å². The maximum atomic E-state index is 13.1. The van der Waals surface area contributed by atoms with Gasteiger partial charge >= 0.3 is 0 Å². The number of nitrogens with zero attached hydrogens (tertiary/aromatic N) is 2. The molecule has 1 atom stereocenters. The number of hydrogen-bond donors (Lipinski definition) is 0. The van der Waals surface area contributed by atoms with Gasteiger partial charge in [-0.2, -0.15) is 0 Å². The van der Waals surface area contributed by atoms with E-state index in [0.29, 0.717) is 12.5 Å². The molecule has 1 aliphatic carbocycles. The number of benzene rings is 1. The fraction of sp³-hybridized carbons (Fsp3) is 0.368. The van der Waals surface area contributed by atoms with Gasteiger partial charge in [-0.3, -0.25) is 9.36 Å². The van der Waals surface area contributed by atoms with E-state index >= 15 is 0 Å². The number of hydrogen-bond acceptors (Lipinski definition) is 3. The van der Waals surface area contributed by atoms with Gasteiger partial charge in [0, 0.05) is 4.88 Å². The summed E-state index contributed by atoms with van der Waals surface area (Å²) in [5, 5.41) is 0.869. The third-order valence-corrected chi connectivity index (χ3v) is 6.10. The van der Waals surface area contributed by atoms with Crippen molar-refractivity contribution in [2.45, 2.75) is 45.6 Å². The molecule has 4 heteroatoms. The van der Waals surface area contributed by atoms with Crippen LogP contribution in [0.5, 0.6) is 0 Å². The van der Waals surface area contributed by atoms with E-state index in [4.69, 9.17) is 0 Å². The Morgan fingerprint density at radius 2 is 2.17 bits per heavy atom. The smallest absolute Gasteiger partial charge is 0.262 e. The molecule has 23 heavy (non-hydrogen) atoms. The summed E-state index contributed by atoms with van der Waals surface area (Å²) in [6, 6.07) is 8.21. The zero-order valence-electron chi connectivity index (χ0n) is 13.5. The lowest BCUT2D eigenvalue weighted by molar-refractivity contribution is 0.601. The average molecular weight is 324 g/mol. The number of aryl methyl sites for hydroxylation is 2. The first-order valence-electron chi connectivity index (χ1n) is 8.20. The van der Waals surface area contributed by atoms with E-state index in [-0.39, 0.29) is 5.56 Å². The molecule has 0 spiro atoms. The van der Waals surface area contributed by atoms with Gasteiger partial charge in [-0.05, 0) is 48.8 Å². The van der Waals surface area contributed by atoms with E-state index in [0.717, 1.165) is 16.6 Å². The van der Waals surface area contributed by atoms with Crippen molar-refractivity contribution >= 4 is 21.6 Å². The fourth-order valence-electron chi connectivity index (χ4n) is 3.60. The van der Waals surface area contributed by atoms with Crippen LogP contribution in [0, 0.1) is 6.92 Å². The molecule has 1 unspecified atom stereocenters. The summed E-state index contributed by atoms with van der Waals surface area (Å²) in [5.74, 6) is 0.469. The fourth-order valence-corrected chi connectivity index (χ4v) is 4.89. The van der Waals surface area contributed by atoms with Crippen LogP contribution in [-0.2, 0) is 13.0 Å². The van der Waals surface area contributed by atoms with Crippen molar-refractivity contribution in [1.82, 2.24) is 9.55 Å². The molecule has 1 aliphatic rings. The van der Waals surface area contributed by atoms with Gasteiger partial charge < -0.3 is 0 Å². The first-order chi connectivity index (χ1) is 11.1. The molecule has 2 aromatic heterocycles. The van der Waals surface area contributed by atoms with Gasteiger partial charge in [-0.15, -0.1) is 11.3 Å². The van der Waals surface area contributed by atoms with Gasteiger partial charge in [-0.1, -0.05) is 31.2 Å². The second-order valence-corrected chi connectivity index (χ2v) is 7.60. The summed E-state index contributed by atoms with van der Waals surface area (Å²) in [5.41, 5.74) is 3.77. The van der Waals surface area contributed by atoms with Gasteiger partial charge in [0.15, 0.2) is 0 Å². The summed E-state index contributed by atoms with van der Waals surface area (Å²) in [6.45, 7) is 4.91. The summed E-state index contributed by atoms with van der Waals surface area (Å²) < 4.78 is 1.76. The zero-order chi connectivity index (χ0) is 16.0. The highest BCUT2D eigenvalue weighted by molar-refractivity contribution is 7.18. The first-order valence-corrected chi connectivity index (χ1v) is 9.02. The molecule has 0 aliphatic heterocycles. The van der Waals surface area contributed by atoms with E-state index in [9.17, 15) is 4.79 Å². The predicted octanol–water partition coefficient (Wildman–Crippen LogP) is 4.25. The van der Waals surface area contributed by atoms with Crippen LogP contribution in [0.15, 0.2) is 35.4 Å². The van der Waals surface area contributed by atoms with Crippen molar-refractivity contribution in [2.75, 3.05) is 0 Å². The van der Waals surface area contributed by atoms with Crippen LogP contribution in [0.1, 0.15) is 47.3 Å².